The molecule has 1 aromatic rings. The van der Waals surface area contributed by atoms with Gasteiger partial charge in [0.25, 0.3) is 0 Å². The molecular weight excluding hydrogens is 191 g/mol. The third kappa shape index (κ3) is 9.31. The van der Waals surface area contributed by atoms with Crippen molar-refractivity contribution in [3.8, 4) is 0 Å². The van der Waals surface area contributed by atoms with Crippen LogP contribution < -0.4 is 0 Å². The van der Waals surface area contributed by atoms with Gasteiger partial charge in [-0.25, -0.2) is 4.79 Å². The van der Waals surface area contributed by atoms with Crippen molar-refractivity contribution in [3.05, 3.63) is 35.9 Å². The van der Waals surface area contributed by atoms with Crippen LogP contribution in [-0.4, -0.2) is 27.4 Å². The van der Waals surface area contributed by atoms with Crippen molar-refractivity contribution >= 4 is 22.3 Å². The molecule has 2 nitrogen and oxygen atoms in total. The van der Waals surface area contributed by atoms with Gasteiger partial charge in [-0.3, -0.25) is 0 Å². The largest absolute Gasteiger partial charge is 0.478 e. The molecule has 0 aliphatic carbocycles. The average molecular weight is 206 g/mol. The number of carboxylic acid groups (broad SMARTS) is 1. The molecule has 0 saturated carbocycles. The molecule has 0 bridgehead atoms. The van der Waals surface area contributed by atoms with Crippen molar-refractivity contribution in [1.82, 2.24) is 0 Å². The molecule has 0 fully saturated rings. The van der Waals surface area contributed by atoms with Crippen LogP contribution >= 0.6 is 0 Å². The Morgan fingerprint density at radius 3 is 1.79 bits per heavy atom. The molecule has 0 amide bonds. The smallest absolute Gasteiger partial charge is 0.335 e. The second kappa shape index (κ2) is 5.85. The number of carbonyl (C=O) groups is 1. The molecule has 0 aliphatic heterocycles. The van der Waals surface area contributed by atoms with E-state index in [-0.39, 0.29) is 0 Å². The van der Waals surface area contributed by atoms with Crippen LogP contribution in [0.5, 0.6) is 0 Å². The summed E-state index contributed by atoms with van der Waals surface area (Å²) in [6, 6.07) is 8.30. The van der Waals surface area contributed by atoms with Gasteiger partial charge in [0.1, 0.15) is 16.3 Å². The summed E-state index contributed by atoms with van der Waals surface area (Å²) in [6.07, 6.45) is 0. The van der Waals surface area contributed by atoms with E-state index in [1.54, 1.807) is 30.3 Å². The maximum Gasteiger partial charge on any atom is 0.335 e. The maximum atomic E-state index is 10.2. The van der Waals surface area contributed by atoms with E-state index < -0.39 is 5.97 Å². The number of carboxylic acids is 1. The van der Waals surface area contributed by atoms with Crippen molar-refractivity contribution in [2.24, 2.45) is 0 Å². The lowest BCUT2D eigenvalue weighted by Gasteiger charge is -2.07. The van der Waals surface area contributed by atoms with Gasteiger partial charge in [-0.05, 0) is 12.1 Å². The van der Waals surface area contributed by atoms with Crippen LogP contribution in [0, 0.1) is 0 Å². The molecule has 0 saturated heterocycles. The fourth-order valence-corrected chi connectivity index (χ4v) is 0.581. The van der Waals surface area contributed by atoms with Crippen LogP contribution in [0.15, 0.2) is 30.3 Å². The lowest BCUT2D eigenvalue weighted by atomic mass is 10.2. The van der Waals surface area contributed by atoms with Crippen LogP contribution in [0.3, 0.4) is 0 Å². The van der Waals surface area contributed by atoms with Crippen molar-refractivity contribution in [2.75, 3.05) is 0 Å². The second-order valence-corrected chi connectivity index (χ2v) is 5.77. The number of aromatic carboxylic acids is 1. The predicted molar refractivity (Wildman–Crippen MR) is 58.9 cm³/mol. The molecule has 2 radical (unpaired) electrons. The fraction of sp³-hybridized carbons (Fsp3) is 0.364. The number of hydrogen-bond donors (Lipinski definition) is 1. The summed E-state index contributed by atoms with van der Waals surface area (Å²) < 4.78 is 0.417. The highest BCUT2D eigenvalue weighted by Gasteiger charge is 1.96. The van der Waals surface area contributed by atoms with Gasteiger partial charge in [-0.15, -0.1) is 4.28 Å². The number of hydrogen-bond acceptors (Lipinski definition) is 1. The minimum Gasteiger partial charge on any atom is -0.478 e. The lowest BCUT2D eigenvalue weighted by Crippen LogP contribution is -1.93. The molecule has 1 rings (SSSR count). The summed E-state index contributed by atoms with van der Waals surface area (Å²) in [5.41, 5.74) is 0.331. The first-order chi connectivity index (χ1) is 6.30. The van der Waals surface area contributed by atoms with Crippen molar-refractivity contribution < 1.29 is 9.90 Å². The first-order valence-electron chi connectivity index (χ1n) is 4.38. The molecule has 0 spiro atoms. The quantitative estimate of drug-likeness (QED) is 0.717. The zero-order chi connectivity index (χ0) is 11.2. The molecule has 0 aliphatic rings. The van der Waals surface area contributed by atoms with E-state index in [0.717, 1.165) is 0 Å². The molecule has 1 N–H and O–H groups in total. The van der Waals surface area contributed by atoms with Crippen LogP contribution in [-0.2, 0) is 0 Å². The number of rotatable bonds is 1. The lowest BCUT2D eigenvalue weighted by molar-refractivity contribution is 0.0697. The average Bonchev–Trinajstić information content (AvgIpc) is 2.03. The SMILES string of the molecule is C[C](C)(C)[Al].O=C(O)c1ccccc1. The van der Waals surface area contributed by atoms with Crippen molar-refractivity contribution in [3.63, 3.8) is 0 Å². The Balaban J connectivity index is 0.000000292. The van der Waals surface area contributed by atoms with Crippen molar-refractivity contribution in [1.29, 1.82) is 0 Å². The topological polar surface area (TPSA) is 37.3 Å². The second-order valence-electron chi connectivity index (χ2n) is 4.04. The van der Waals surface area contributed by atoms with E-state index in [4.69, 9.17) is 5.11 Å². The summed E-state index contributed by atoms with van der Waals surface area (Å²) >= 11 is 2.72. The summed E-state index contributed by atoms with van der Waals surface area (Å²) in [5.74, 6) is -0.879. The van der Waals surface area contributed by atoms with Crippen molar-refractivity contribution in [2.45, 2.75) is 25.0 Å². The maximum absolute atomic E-state index is 10.2. The zero-order valence-corrected chi connectivity index (χ0v) is 9.97. The molecule has 0 heterocycles. The molecule has 0 unspecified atom stereocenters. The van der Waals surface area contributed by atoms with Crippen LogP contribution in [0.2, 0.25) is 4.28 Å². The molecule has 0 aromatic heterocycles. The molecule has 0 atom stereocenters. The van der Waals surface area contributed by atoms with Gasteiger partial charge in [-0.2, -0.15) is 0 Å². The molecule has 3 heteroatoms. The minimum absolute atomic E-state index is 0.331. The third-order valence-corrected chi connectivity index (χ3v) is 1.02. The van der Waals surface area contributed by atoms with Gasteiger partial charge in [0.15, 0.2) is 0 Å². The predicted octanol–water partition coefficient (Wildman–Crippen LogP) is 2.76. The Morgan fingerprint density at radius 2 is 1.57 bits per heavy atom. The van der Waals surface area contributed by atoms with Gasteiger partial charge in [0, 0.05) is 0 Å². The fourth-order valence-electron chi connectivity index (χ4n) is 0.581. The zero-order valence-electron chi connectivity index (χ0n) is 8.82. The highest BCUT2D eigenvalue weighted by atomic mass is 27.0. The summed E-state index contributed by atoms with van der Waals surface area (Å²) in [4.78, 5) is 10.2. The van der Waals surface area contributed by atoms with E-state index in [2.05, 4.69) is 37.1 Å². The normalized spacial score (nSPS) is 9.93. The van der Waals surface area contributed by atoms with Gasteiger partial charge >= 0.3 is 5.97 Å². The van der Waals surface area contributed by atoms with Crippen LogP contribution in [0.25, 0.3) is 0 Å². The van der Waals surface area contributed by atoms with Crippen LogP contribution in [0.4, 0.5) is 0 Å². The molecule has 74 valence electrons. The van der Waals surface area contributed by atoms with Gasteiger partial charge in [0.05, 0.1) is 5.56 Å². The Kier molecular flexibility index (Phi) is 5.52. The van der Waals surface area contributed by atoms with E-state index in [9.17, 15) is 4.79 Å². The highest BCUT2D eigenvalue weighted by Crippen LogP contribution is 2.13. The molecule has 1 aromatic carbocycles. The van der Waals surface area contributed by atoms with Gasteiger partial charge in [-0.1, -0.05) is 39.0 Å². The van der Waals surface area contributed by atoms with E-state index in [1.807, 2.05) is 0 Å². The summed E-state index contributed by atoms with van der Waals surface area (Å²) in [6.45, 7) is 6.45. The molecular formula is C11H15AlO2. The van der Waals surface area contributed by atoms with E-state index >= 15 is 0 Å². The van der Waals surface area contributed by atoms with Gasteiger partial charge < -0.3 is 5.11 Å². The highest BCUT2D eigenvalue weighted by molar-refractivity contribution is 6.14. The number of benzene rings is 1. The Labute approximate surface area is 93.4 Å². The first-order valence-corrected chi connectivity index (χ1v) is 4.95. The van der Waals surface area contributed by atoms with E-state index in [0.29, 0.717) is 9.84 Å². The molecule has 14 heavy (non-hydrogen) atoms. The summed E-state index contributed by atoms with van der Waals surface area (Å²) in [7, 11) is 0. The monoisotopic (exact) mass is 206 g/mol. The standard InChI is InChI=1S/C7H6O2.C4H9.Al/c8-7(9)6-4-2-1-3-5-6;1-4(2)3;/h1-5H,(H,8,9);1-3H3;. The first kappa shape index (κ1) is 13.2. The Morgan fingerprint density at radius 1 is 1.21 bits per heavy atom. The Hall–Kier alpha value is -0.778. The van der Waals surface area contributed by atoms with Gasteiger partial charge in [0.2, 0.25) is 0 Å². The Bertz CT molecular complexity index is 269. The third-order valence-electron chi connectivity index (χ3n) is 1.02. The van der Waals surface area contributed by atoms with Crippen LogP contribution in [0.1, 0.15) is 31.1 Å². The summed E-state index contributed by atoms with van der Waals surface area (Å²) in [5, 5.41) is 8.38. The minimum atomic E-state index is -0.879. The van der Waals surface area contributed by atoms with E-state index in [1.165, 1.54) is 0 Å².